The second-order valence-electron chi connectivity index (χ2n) is 7.04. The fourth-order valence-electron chi connectivity index (χ4n) is 3.31. The Kier molecular flexibility index (Phi) is 5.74. The number of nitrogens with zero attached hydrogens (tertiary/aromatic N) is 2. The van der Waals surface area contributed by atoms with Crippen LogP contribution >= 0.6 is 0 Å². The summed E-state index contributed by atoms with van der Waals surface area (Å²) in [6.45, 7) is 2.91. The van der Waals surface area contributed by atoms with Crippen LogP contribution < -0.4 is 0 Å². The molecule has 0 fully saturated rings. The van der Waals surface area contributed by atoms with Crippen LogP contribution in [0.2, 0.25) is 0 Å². The first-order valence-electron chi connectivity index (χ1n) is 9.12. The van der Waals surface area contributed by atoms with Crippen molar-refractivity contribution < 1.29 is 23.1 Å². The Morgan fingerprint density at radius 3 is 2.10 bits per heavy atom. The number of carboxylic acid groups (broad SMARTS) is 1. The largest absolute Gasteiger partial charge is 0.480 e. The highest BCUT2D eigenvalue weighted by atomic mass is 32.2. The Hall–Kier alpha value is -3.13. The van der Waals surface area contributed by atoms with E-state index in [1.165, 1.54) is 18.3 Å². The molecule has 1 N–H and O–H groups in total. The Morgan fingerprint density at radius 2 is 1.59 bits per heavy atom. The predicted molar refractivity (Wildman–Crippen MR) is 108 cm³/mol. The van der Waals surface area contributed by atoms with Crippen LogP contribution in [0.25, 0.3) is 5.70 Å². The van der Waals surface area contributed by atoms with Crippen LogP contribution in [-0.2, 0) is 19.6 Å². The summed E-state index contributed by atoms with van der Waals surface area (Å²) < 4.78 is 27.8. The molecular formula is C21H22N2O5S. The molecule has 152 valence electrons. The summed E-state index contributed by atoms with van der Waals surface area (Å²) in [6.07, 6.45) is 1.37. The van der Waals surface area contributed by atoms with E-state index in [4.69, 9.17) is 0 Å². The van der Waals surface area contributed by atoms with E-state index in [0.717, 1.165) is 9.21 Å². The van der Waals surface area contributed by atoms with Gasteiger partial charge in [-0.2, -0.15) is 0 Å². The van der Waals surface area contributed by atoms with Gasteiger partial charge in [-0.25, -0.2) is 8.42 Å². The van der Waals surface area contributed by atoms with Gasteiger partial charge in [0.05, 0.1) is 10.6 Å². The lowest BCUT2D eigenvalue weighted by molar-refractivity contribution is -0.144. The summed E-state index contributed by atoms with van der Waals surface area (Å²) in [6, 6.07) is 15.5. The number of hydrogen-bond acceptors (Lipinski definition) is 4. The maximum absolute atomic E-state index is 13.3. The highest BCUT2D eigenvalue weighted by Crippen LogP contribution is 2.33. The van der Waals surface area contributed by atoms with Crippen LogP contribution in [0.15, 0.2) is 71.8 Å². The number of benzene rings is 2. The molecule has 29 heavy (non-hydrogen) atoms. The quantitative estimate of drug-likeness (QED) is 0.784. The smallest absolute Gasteiger partial charge is 0.323 e. The van der Waals surface area contributed by atoms with Crippen molar-refractivity contribution in [1.29, 1.82) is 0 Å². The van der Waals surface area contributed by atoms with Gasteiger partial charge < -0.3 is 5.11 Å². The molecule has 0 spiro atoms. The van der Waals surface area contributed by atoms with E-state index in [0.29, 0.717) is 5.56 Å². The third kappa shape index (κ3) is 4.02. The van der Waals surface area contributed by atoms with E-state index in [-0.39, 0.29) is 16.5 Å². The average Bonchev–Trinajstić information content (AvgIpc) is 2.69. The Morgan fingerprint density at radius 1 is 1.03 bits per heavy atom. The molecule has 0 aromatic heterocycles. The molecule has 1 amide bonds. The van der Waals surface area contributed by atoms with Gasteiger partial charge in [0, 0.05) is 6.20 Å². The summed E-state index contributed by atoms with van der Waals surface area (Å²) in [7, 11) is -4.02. The summed E-state index contributed by atoms with van der Waals surface area (Å²) in [4.78, 5) is 25.9. The number of aliphatic carboxylic acids is 1. The molecular weight excluding hydrogens is 392 g/mol. The van der Waals surface area contributed by atoms with E-state index in [2.05, 4.69) is 0 Å². The van der Waals surface area contributed by atoms with Gasteiger partial charge in [-0.3, -0.25) is 18.8 Å². The molecule has 3 rings (SSSR count). The van der Waals surface area contributed by atoms with Crippen molar-refractivity contribution in [1.82, 2.24) is 9.21 Å². The van der Waals surface area contributed by atoms with Gasteiger partial charge in [-0.05, 0) is 23.6 Å². The second kappa shape index (κ2) is 8.08. The zero-order valence-electron chi connectivity index (χ0n) is 16.1. The van der Waals surface area contributed by atoms with Gasteiger partial charge in [-0.1, -0.05) is 62.4 Å². The lowest BCUT2D eigenvalue weighted by Gasteiger charge is -2.40. The first-order chi connectivity index (χ1) is 13.7. The van der Waals surface area contributed by atoms with Gasteiger partial charge in [0.15, 0.2) is 0 Å². The van der Waals surface area contributed by atoms with Crippen molar-refractivity contribution >= 4 is 27.6 Å². The number of hydrogen-bond donors (Lipinski definition) is 1. The van der Waals surface area contributed by atoms with Gasteiger partial charge in [0.1, 0.15) is 12.6 Å². The molecule has 2 aromatic rings. The molecule has 0 saturated heterocycles. The molecule has 1 heterocycles. The van der Waals surface area contributed by atoms with E-state index in [9.17, 15) is 23.1 Å². The summed E-state index contributed by atoms with van der Waals surface area (Å²) >= 11 is 0. The highest BCUT2D eigenvalue weighted by Gasteiger charge is 2.43. The minimum absolute atomic E-state index is 0.0637. The molecule has 8 heteroatoms. The lowest BCUT2D eigenvalue weighted by atomic mass is 9.99. The van der Waals surface area contributed by atoms with Crippen molar-refractivity contribution in [2.24, 2.45) is 5.92 Å². The number of sulfonamides is 1. The van der Waals surface area contributed by atoms with Crippen LogP contribution in [0, 0.1) is 5.92 Å². The van der Waals surface area contributed by atoms with Gasteiger partial charge >= 0.3 is 5.97 Å². The molecule has 0 unspecified atom stereocenters. The SMILES string of the molecule is CC(C)[C@H]1C(=O)N(CC(=O)O)C(c2ccccc2)=CN1S(=O)(=O)c1ccccc1. The fourth-order valence-corrected chi connectivity index (χ4v) is 4.92. The molecule has 2 aromatic carbocycles. The Labute approximate surface area is 169 Å². The molecule has 0 saturated carbocycles. The number of carbonyl (C=O) groups excluding carboxylic acids is 1. The maximum Gasteiger partial charge on any atom is 0.323 e. The minimum atomic E-state index is -4.02. The monoisotopic (exact) mass is 414 g/mol. The summed E-state index contributed by atoms with van der Waals surface area (Å²) in [5.74, 6) is -2.11. The normalized spacial score (nSPS) is 17.4. The first-order valence-corrected chi connectivity index (χ1v) is 10.6. The van der Waals surface area contributed by atoms with Gasteiger partial charge in [-0.15, -0.1) is 0 Å². The number of carbonyl (C=O) groups is 2. The zero-order valence-corrected chi connectivity index (χ0v) is 16.9. The Bertz CT molecular complexity index is 1030. The van der Waals surface area contributed by atoms with E-state index >= 15 is 0 Å². The fraction of sp³-hybridized carbons (Fsp3) is 0.238. The lowest BCUT2D eigenvalue weighted by Crippen LogP contribution is -2.55. The molecule has 7 nitrogen and oxygen atoms in total. The molecule has 0 bridgehead atoms. The van der Waals surface area contributed by atoms with Crippen LogP contribution in [0.1, 0.15) is 19.4 Å². The average molecular weight is 414 g/mol. The van der Waals surface area contributed by atoms with Crippen molar-refractivity contribution in [2.75, 3.05) is 6.54 Å². The molecule has 1 aliphatic heterocycles. The molecule has 0 radical (unpaired) electrons. The van der Waals surface area contributed by atoms with Crippen LogP contribution in [0.3, 0.4) is 0 Å². The number of amides is 1. The van der Waals surface area contributed by atoms with Crippen molar-refractivity contribution in [2.45, 2.75) is 24.8 Å². The van der Waals surface area contributed by atoms with Crippen molar-refractivity contribution in [3.8, 4) is 0 Å². The third-order valence-corrected chi connectivity index (χ3v) is 6.40. The van der Waals surface area contributed by atoms with Crippen molar-refractivity contribution in [3.63, 3.8) is 0 Å². The first kappa shape index (κ1) is 20.6. The van der Waals surface area contributed by atoms with Crippen LogP contribution in [-0.4, -0.2) is 47.2 Å². The second-order valence-corrected chi connectivity index (χ2v) is 8.88. The summed E-state index contributed by atoms with van der Waals surface area (Å²) in [5, 5.41) is 9.32. The maximum atomic E-state index is 13.3. The third-order valence-electron chi connectivity index (χ3n) is 4.65. The van der Waals surface area contributed by atoms with Crippen LogP contribution in [0.4, 0.5) is 0 Å². The van der Waals surface area contributed by atoms with E-state index in [1.54, 1.807) is 62.4 Å². The number of carboxylic acids is 1. The van der Waals surface area contributed by atoms with Gasteiger partial charge in [0.2, 0.25) is 0 Å². The molecule has 1 aliphatic rings. The van der Waals surface area contributed by atoms with E-state index < -0.39 is 34.5 Å². The summed E-state index contributed by atoms with van der Waals surface area (Å²) in [5.41, 5.74) is 0.784. The van der Waals surface area contributed by atoms with Gasteiger partial charge in [0.25, 0.3) is 15.9 Å². The Balaban J connectivity index is 2.22. The standard InChI is InChI=1S/C21H22N2O5S/c1-15(2)20-21(26)22(14-19(24)25)18(16-9-5-3-6-10-16)13-23(20)29(27,28)17-11-7-4-8-12-17/h3-13,15,20H,14H2,1-2H3,(H,24,25)/t20-/m0/s1. The zero-order chi connectivity index (χ0) is 21.2. The van der Waals surface area contributed by atoms with E-state index in [1.807, 2.05) is 0 Å². The predicted octanol–water partition coefficient (Wildman–Crippen LogP) is 2.63. The van der Waals surface area contributed by atoms with Crippen molar-refractivity contribution in [3.05, 3.63) is 72.4 Å². The number of rotatable bonds is 6. The molecule has 0 aliphatic carbocycles. The molecule has 1 atom stereocenters. The minimum Gasteiger partial charge on any atom is -0.480 e. The highest BCUT2D eigenvalue weighted by molar-refractivity contribution is 7.89. The topological polar surface area (TPSA) is 95.0 Å². The van der Waals surface area contributed by atoms with Crippen LogP contribution in [0.5, 0.6) is 0 Å².